The van der Waals surface area contributed by atoms with Gasteiger partial charge in [-0.1, -0.05) is 69.8 Å². The Balaban J connectivity index is 1.69. The fourth-order valence-corrected chi connectivity index (χ4v) is 3.97. The van der Waals surface area contributed by atoms with Crippen LogP contribution in [0.15, 0.2) is 35.3 Å². The van der Waals surface area contributed by atoms with Crippen LogP contribution in [0.4, 0.5) is 0 Å². The monoisotopic (exact) mass is 274 g/mol. The predicted octanol–water partition coefficient (Wildman–Crippen LogP) is 3.85. The molecule has 0 aromatic heterocycles. The highest BCUT2D eigenvalue weighted by Gasteiger charge is 2.65. The molecule has 102 valence electrons. The molecular weight excluding hydrogens is 252 g/mol. The van der Waals surface area contributed by atoms with E-state index in [0.29, 0.717) is 22.9 Å². The van der Waals surface area contributed by atoms with Gasteiger partial charge in [0.25, 0.3) is 0 Å². The number of amidine groups is 1. The SMILES string of the molecule is CC1(C)C(NC2=NC(c3ccccc3)CS2)C1(C)C. The van der Waals surface area contributed by atoms with Crippen molar-refractivity contribution in [3.63, 3.8) is 0 Å². The quantitative estimate of drug-likeness (QED) is 0.885. The molecule has 1 heterocycles. The Morgan fingerprint density at radius 3 is 2.32 bits per heavy atom. The van der Waals surface area contributed by atoms with E-state index in [9.17, 15) is 0 Å². The van der Waals surface area contributed by atoms with Crippen molar-refractivity contribution in [2.45, 2.75) is 39.8 Å². The Bertz CT molecular complexity index is 491. The maximum atomic E-state index is 4.84. The van der Waals surface area contributed by atoms with Gasteiger partial charge in [0.15, 0.2) is 5.17 Å². The Hall–Kier alpha value is -0.960. The molecule has 1 saturated carbocycles. The minimum atomic E-state index is 0.318. The highest BCUT2D eigenvalue weighted by atomic mass is 32.2. The number of rotatable bonds is 2. The summed E-state index contributed by atoms with van der Waals surface area (Å²) >= 11 is 1.85. The van der Waals surface area contributed by atoms with Crippen LogP contribution >= 0.6 is 11.8 Å². The van der Waals surface area contributed by atoms with E-state index in [2.05, 4.69) is 63.3 Å². The van der Waals surface area contributed by atoms with E-state index in [1.807, 2.05) is 11.8 Å². The van der Waals surface area contributed by atoms with Crippen molar-refractivity contribution in [1.29, 1.82) is 0 Å². The van der Waals surface area contributed by atoms with Crippen molar-refractivity contribution < 1.29 is 0 Å². The van der Waals surface area contributed by atoms with Crippen LogP contribution in [-0.2, 0) is 0 Å². The van der Waals surface area contributed by atoms with Crippen LogP contribution in [0.3, 0.4) is 0 Å². The average molecular weight is 274 g/mol. The first-order chi connectivity index (χ1) is 8.93. The van der Waals surface area contributed by atoms with Crippen molar-refractivity contribution >= 4 is 16.9 Å². The molecule has 1 aliphatic carbocycles. The van der Waals surface area contributed by atoms with E-state index in [1.54, 1.807) is 0 Å². The third kappa shape index (κ3) is 2.08. The van der Waals surface area contributed by atoms with Crippen LogP contribution in [0.5, 0.6) is 0 Å². The van der Waals surface area contributed by atoms with Gasteiger partial charge in [0, 0.05) is 11.8 Å². The fraction of sp³-hybridized carbons (Fsp3) is 0.562. The molecule has 1 aliphatic heterocycles. The average Bonchev–Trinajstić information content (AvgIpc) is 2.78. The Morgan fingerprint density at radius 1 is 1.11 bits per heavy atom. The first kappa shape index (κ1) is 13.0. The van der Waals surface area contributed by atoms with Crippen molar-refractivity contribution in [2.75, 3.05) is 5.75 Å². The summed E-state index contributed by atoms with van der Waals surface area (Å²) in [5, 5.41) is 4.77. The number of benzene rings is 1. The summed E-state index contributed by atoms with van der Waals surface area (Å²) in [5.74, 6) is 1.06. The lowest BCUT2D eigenvalue weighted by molar-refractivity contribution is 0.457. The molecule has 19 heavy (non-hydrogen) atoms. The molecule has 1 N–H and O–H groups in total. The van der Waals surface area contributed by atoms with Crippen molar-refractivity contribution in [3.8, 4) is 0 Å². The van der Waals surface area contributed by atoms with Gasteiger partial charge in [0.2, 0.25) is 0 Å². The zero-order chi connectivity index (χ0) is 13.7. The lowest BCUT2D eigenvalue weighted by Gasteiger charge is -2.06. The molecule has 3 rings (SSSR count). The van der Waals surface area contributed by atoms with Gasteiger partial charge in [0.05, 0.1) is 6.04 Å². The van der Waals surface area contributed by atoms with Gasteiger partial charge in [-0.05, 0) is 16.4 Å². The fourth-order valence-electron chi connectivity index (χ4n) is 2.98. The summed E-state index contributed by atoms with van der Waals surface area (Å²) in [6.07, 6.45) is 0. The maximum Gasteiger partial charge on any atom is 0.157 e. The number of nitrogens with one attached hydrogen (secondary N) is 1. The number of aliphatic imine (C=N–C) groups is 1. The predicted molar refractivity (Wildman–Crippen MR) is 83.6 cm³/mol. The van der Waals surface area contributed by atoms with E-state index < -0.39 is 0 Å². The molecule has 3 heteroatoms. The second-order valence-corrected chi connectivity index (χ2v) is 7.70. The standard InChI is InChI=1S/C16H22N2S/c1-15(2)13(16(15,3)4)18-14-17-12(10-19-14)11-8-6-5-7-9-11/h5-9,12-13H,10H2,1-4H3,(H,17,18). The Morgan fingerprint density at radius 2 is 1.74 bits per heavy atom. The van der Waals surface area contributed by atoms with Crippen LogP contribution in [0, 0.1) is 10.8 Å². The largest absolute Gasteiger partial charge is 0.361 e. The molecule has 0 spiro atoms. The van der Waals surface area contributed by atoms with Crippen molar-refractivity contribution in [3.05, 3.63) is 35.9 Å². The highest BCUT2D eigenvalue weighted by molar-refractivity contribution is 8.14. The van der Waals surface area contributed by atoms with Gasteiger partial charge in [0.1, 0.15) is 0 Å². The third-order valence-corrected chi connectivity index (χ3v) is 6.10. The molecular formula is C16H22N2S. The van der Waals surface area contributed by atoms with Gasteiger partial charge in [-0.15, -0.1) is 0 Å². The van der Waals surface area contributed by atoms with Crippen LogP contribution < -0.4 is 5.32 Å². The van der Waals surface area contributed by atoms with E-state index in [1.165, 1.54) is 5.56 Å². The minimum absolute atomic E-state index is 0.318. The highest BCUT2D eigenvalue weighted by Crippen LogP contribution is 2.62. The molecule has 1 aromatic carbocycles. The lowest BCUT2D eigenvalue weighted by Crippen LogP contribution is -2.26. The molecule has 1 unspecified atom stereocenters. The normalized spacial score (nSPS) is 28.0. The van der Waals surface area contributed by atoms with Crippen molar-refractivity contribution in [1.82, 2.24) is 5.32 Å². The minimum Gasteiger partial charge on any atom is -0.361 e. The molecule has 1 aromatic rings. The summed E-state index contributed by atoms with van der Waals surface area (Å²) in [6.45, 7) is 9.33. The first-order valence-electron chi connectivity index (χ1n) is 6.95. The summed E-state index contributed by atoms with van der Waals surface area (Å²) in [5.41, 5.74) is 2.04. The smallest absolute Gasteiger partial charge is 0.157 e. The van der Waals surface area contributed by atoms with E-state index in [4.69, 9.17) is 4.99 Å². The zero-order valence-electron chi connectivity index (χ0n) is 12.1. The first-order valence-corrected chi connectivity index (χ1v) is 7.93. The Kier molecular flexibility index (Phi) is 2.93. The number of hydrogen-bond acceptors (Lipinski definition) is 3. The van der Waals surface area contributed by atoms with Crippen LogP contribution in [0.1, 0.15) is 39.3 Å². The summed E-state index contributed by atoms with van der Waals surface area (Å²) in [6, 6.07) is 11.4. The van der Waals surface area contributed by atoms with Gasteiger partial charge in [-0.25, -0.2) is 0 Å². The second-order valence-electron chi connectivity index (χ2n) is 6.69. The van der Waals surface area contributed by atoms with Crippen LogP contribution in [0.2, 0.25) is 0 Å². The molecule has 0 amide bonds. The number of thioether (sulfide) groups is 1. The number of hydrogen-bond donors (Lipinski definition) is 1. The molecule has 0 saturated heterocycles. The van der Waals surface area contributed by atoms with Gasteiger partial charge < -0.3 is 5.32 Å². The van der Waals surface area contributed by atoms with Crippen LogP contribution in [0.25, 0.3) is 0 Å². The van der Waals surface area contributed by atoms with E-state index in [-0.39, 0.29) is 0 Å². The summed E-state index contributed by atoms with van der Waals surface area (Å²) in [7, 11) is 0. The molecule has 2 nitrogen and oxygen atoms in total. The van der Waals surface area contributed by atoms with Crippen LogP contribution in [-0.4, -0.2) is 17.0 Å². The molecule has 2 aliphatic rings. The number of nitrogens with zero attached hydrogens (tertiary/aromatic N) is 1. The second kappa shape index (κ2) is 4.27. The van der Waals surface area contributed by atoms with E-state index >= 15 is 0 Å². The molecule has 1 fully saturated rings. The van der Waals surface area contributed by atoms with E-state index in [0.717, 1.165) is 10.9 Å². The van der Waals surface area contributed by atoms with Gasteiger partial charge in [-0.3, -0.25) is 4.99 Å². The topological polar surface area (TPSA) is 24.4 Å². The maximum absolute atomic E-state index is 4.84. The molecule has 1 atom stereocenters. The third-order valence-electron chi connectivity index (χ3n) is 5.12. The van der Waals surface area contributed by atoms with Crippen molar-refractivity contribution in [2.24, 2.45) is 15.8 Å². The summed E-state index contributed by atoms with van der Waals surface area (Å²) in [4.78, 5) is 4.84. The molecule has 0 bridgehead atoms. The molecule has 0 radical (unpaired) electrons. The van der Waals surface area contributed by atoms with Gasteiger partial charge >= 0.3 is 0 Å². The van der Waals surface area contributed by atoms with Gasteiger partial charge in [-0.2, -0.15) is 0 Å². The summed E-state index contributed by atoms with van der Waals surface area (Å²) < 4.78 is 0. The Labute approximate surface area is 120 Å². The zero-order valence-corrected chi connectivity index (χ0v) is 12.9. The lowest BCUT2D eigenvalue weighted by atomic mass is 10.0.